The van der Waals surface area contributed by atoms with E-state index in [2.05, 4.69) is 34.1 Å². The first kappa shape index (κ1) is 39.1. The summed E-state index contributed by atoms with van der Waals surface area (Å²) in [6, 6.07) is 31.4. The van der Waals surface area contributed by atoms with E-state index >= 15 is 0 Å². The van der Waals surface area contributed by atoms with Gasteiger partial charge in [-0.2, -0.15) is 0 Å². The molecule has 276 valence electrons. The molecule has 0 spiro atoms. The van der Waals surface area contributed by atoms with Crippen LogP contribution in [0.5, 0.6) is 28.9 Å². The second-order valence-electron chi connectivity index (χ2n) is 12.7. The molecule has 0 N–H and O–H groups in total. The van der Waals surface area contributed by atoms with E-state index < -0.39 is 5.82 Å². The van der Waals surface area contributed by atoms with Crippen LogP contribution in [0.1, 0.15) is 36.1 Å². The van der Waals surface area contributed by atoms with Crippen LogP contribution in [0.25, 0.3) is 6.08 Å². The van der Waals surface area contributed by atoms with Crippen LogP contribution in [-0.2, 0) is 24.6 Å². The minimum atomic E-state index is -0.563. The average molecular weight is 759 g/mol. The lowest BCUT2D eigenvalue weighted by Gasteiger charge is -2.34. The van der Waals surface area contributed by atoms with Crippen molar-refractivity contribution in [1.82, 2.24) is 14.8 Å². The Labute approximate surface area is 321 Å². The molecule has 0 unspecified atom stereocenters. The molecule has 0 aliphatic carbocycles. The molecular formula is C42H42Cl2FN3O5. The van der Waals surface area contributed by atoms with Crippen molar-refractivity contribution < 1.29 is 28.1 Å². The summed E-state index contributed by atoms with van der Waals surface area (Å²) in [4.78, 5) is 21.3. The quantitative estimate of drug-likeness (QED) is 0.105. The molecule has 53 heavy (non-hydrogen) atoms. The second-order valence-corrected chi connectivity index (χ2v) is 13.1. The van der Waals surface area contributed by atoms with Gasteiger partial charge >= 0.3 is 0 Å². The Balaban J connectivity index is 0.00000541. The Bertz CT molecular complexity index is 1950. The Morgan fingerprint density at radius 1 is 0.830 bits per heavy atom. The summed E-state index contributed by atoms with van der Waals surface area (Å²) in [5, 5.41) is 0.625. The highest BCUT2D eigenvalue weighted by Gasteiger charge is 2.20. The number of amides is 1. The van der Waals surface area contributed by atoms with E-state index in [0.717, 1.165) is 42.3 Å². The number of hydrogen-bond donors (Lipinski definition) is 0. The Kier molecular flexibility index (Phi) is 14.1. The number of ether oxygens (including phenoxy) is 4. The van der Waals surface area contributed by atoms with Crippen molar-refractivity contribution in [2.24, 2.45) is 0 Å². The minimum Gasteiger partial charge on any atom is -0.491 e. The zero-order valence-electron chi connectivity index (χ0n) is 29.6. The van der Waals surface area contributed by atoms with Gasteiger partial charge in [0.15, 0.2) is 11.6 Å². The molecular weight excluding hydrogens is 716 g/mol. The Morgan fingerprint density at radius 2 is 1.51 bits per heavy atom. The van der Waals surface area contributed by atoms with Crippen LogP contribution in [-0.4, -0.2) is 53.0 Å². The van der Waals surface area contributed by atoms with Gasteiger partial charge in [-0.1, -0.05) is 60.1 Å². The van der Waals surface area contributed by atoms with Gasteiger partial charge in [-0.05, 0) is 85.1 Å². The van der Waals surface area contributed by atoms with E-state index in [1.807, 2.05) is 61.2 Å². The summed E-state index contributed by atoms with van der Waals surface area (Å²) in [6.45, 7) is 8.36. The largest absolute Gasteiger partial charge is 0.491 e. The third-order valence-electron chi connectivity index (χ3n) is 8.36. The Hall–Kier alpha value is -5.09. The fourth-order valence-electron chi connectivity index (χ4n) is 5.56. The molecule has 0 atom stereocenters. The monoisotopic (exact) mass is 757 g/mol. The molecule has 1 saturated heterocycles. The van der Waals surface area contributed by atoms with Crippen LogP contribution in [0.3, 0.4) is 0 Å². The van der Waals surface area contributed by atoms with Crippen LogP contribution in [0.4, 0.5) is 4.39 Å². The molecule has 11 heteroatoms. The summed E-state index contributed by atoms with van der Waals surface area (Å²) in [5.41, 5.74) is 3.71. The average Bonchev–Trinajstić information content (AvgIpc) is 3.15. The van der Waals surface area contributed by atoms with Crippen LogP contribution in [0, 0.1) is 5.82 Å². The maximum Gasteiger partial charge on any atom is 0.246 e. The minimum absolute atomic E-state index is 0. The smallest absolute Gasteiger partial charge is 0.246 e. The van der Waals surface area contributed by atoms with E-state index in [0.29, 0.717) is 42.6 Å². The van der Waals surface area contributed by atoms with Gasteiger partial charge in [-0.3, -0.25) is 9.69 Å². The van der Waals surface area contributed by atoms with Crippen molar-refractivity contribution in [3.8, 4) is 28.9 Å². The highest BCUT2D eigenvalue weighted by Crippen LogP contribution is 2.26. The van der Waals surface area contributed by atoms with Crippen LogP contribution in [0.15, 0.2) is 115 Å². The first-order valence-corrected chi connectivity index (χ1v) is 17.6. The molecule has 0 bridgehead atoms. The van der Waals surface area contributed by atoms with Crippen molar-refractivity contribution in [3.05, 3.63) is 148 Å². The molecule has 0 radical (unpaired) electrons. The molecule has 0 saturated carbocycles. The van der Waals surface area contributed by atoms with Gasteiger partial charge in [0, 0.05) is 55.5 Å². The number of hydrogen-bond acceptors (Lipinski definition) is 7. The summed E-state index contributed by atoms with van der Waals surface area (Å²) in [7, 11) is 0. The zero-order valence-corrected chi connectivity index (χ0v) is 31.2. The molecule has 1 aliphatic heterocycles. The first-order chi connectivity index (χ1) is 25.3. The number of carbonyl (C=O) groups excluding carboxylic acids is 1. The van der Waals surface area contributed by atoms with E-state index in [1.54, 1.807) is 30.3 Å². The van der Waals surface area contributed by atoms with E-state index in [1.165, 1.54) is 30.0 Å². The Morgan fingerprint density at radius 3 is 2.19 bits per heavy atom. The number of piperazine rings is 1. The number of pyridine rings is 1. The van der Waals surface area contributed by atoms with E-state index in [-0.39, 0.29) is 36.0 Å². The standard InChI is InChI=1S/C42H41ClFN3O5.ClH/c1-30(2)51-36-15-13-35(14-16-36)49-28-33-9-7-32(8-10-33)27-46-21-23-47(24-22-46)42(48)20-12-31-11-18-40(39(44)25-31)52-41-19-17-37(26-45-41)50-29-34-5-3-4-6-38(34)43;/h3-20,25-26,30H,21-24,27-29H2,1-2H3;1H/b20-12+;. The van der Waals surface area contributed by atoms with Crippen molar-refractivity contribution >= 4 is 36.0 Å². The summed E-state index contributed by atoms with van der Waals surface area (Å²) < 4.78 is 37.9. The number of benzene rings is 4. The molecule has 2 heterocycles. The first-order valence-electron chi connectivity index (χ1n) is 17.2. The zero-order chi connectivity index (χ0) is 36.3. The highest BCUT2D eigenvalue weighted by molar-refractivity contribution is 6.31. The predicted octanol–water partition coefficient (Wildman–Crippen LogP) is 9.39. The molecule has 1 amide bonds. The second kappa shape index (κ2) is 19.1. The highest BCUT2D eigenvalue weighted by atomic mass is 35.5. The maximum atomic E-state index is 14.9. The van der Waals surface area contributed by atoms with Gasteiger partial charge in [-0.15, -0.1) is 12.4 Å². The molecule has 4 aromatic carbocycles. The number of aromatic nitrogens is 1. The fourth-order valence-corrected chi connectivity index (χ4v) is 5.75. The van der Waals surface area contributed by atoms with E-state index in [9.17, 15) is 9.18 Å². The van der Waals surface area contributed by atoms with Gasteiger partial charge in [-0.25, -0.2) is 9.37 Å². The van der Waals surface area contributed by atoms with Gasteiger partial charge < -0.3 is 23.8 Å². The normalized spacial score (nSPS) is 13.1. The molecule has 1 aliphatic rings. The van der Waals surface area contributed by atoms with Crippen LogP contribution in [0.2, 0.25) is 5.02 Å². The molecule has 8 nitrogen and oxygen atoms in total. The summed E-state index contributed by atoms with van der Waals surface area (Å²) in [5.74, 6) is 1.74. The lowest BCUT2D eigenvalue weighted by atomic mass is 10.1. The van der Waals surface area contributed by atoms with Crippen molar-refractivity contribution in [3.63, 3.8) is 0 Å². The third-order valence-corrected chi connectivity index (χ3v) is 8.73. The number of rotatable bonds is 14. The predicted molar refractivity (Wildman–Crippen MR) is 208 cm³/mol. The summed E-state index contributed by atoms with van der Waals surface area (Å²) >= 11 is 6.18. The van der Waals surface area contributed by atoms with Crippen molar-refractivity contribution in [1.29, 1.82) is 0 Å². The molecule has 5 aromatic rings. The summed E-state index contributed by atoms with van der Waals surface area (Å²) in [6.07, 6.45) is 4.75. The van der Waals surface area contributed by atoms with Crippen molar-refractivity contribution in [2.45, 2.75) is 39.7 Å². The molecule has 1 fully saturated rings. The van der Waals surface area contributed by atoms with Gasteiger partial charge in [0.05, 0.1) is 12.3 Å². The number of nitrogens with zero attached hydrogens (tertiary/aromatic N) is 3. The van der Waals surface area contributed by atoms with Gasteiger partial charge in [0.25, 0.3) is 0 Å². The van der Waals surface area contributed by atoms with Crippen LogP contribution < -0.4 is 18.9 Å². The fraction of sp³-hybridized carbons (Fsp3) is 0.238. The molecule has 1 aromatic heterocycles. The van der Waals surface area contributed by atoms with Gasteiger partial charge in [0.1, 0.15) is 30.5 Å². The molecule has 6 rings (SSSR count). The maximum absolute atomic E-state index is 14.9. The van der Waals surface area contributed by atoms with Crippen LogP contribution >= 0.6 is 24.0 Å². The lowest BCUT2D eigenvalue weighted by Crippen LogP contribution is -2.47. The van der Waals surface area contributed by atoms with Crippen molar-refractivity contribution in [2.75, 3.05) is 26.2 Å². The SMILES string of the molecule is CC(C)Oc1ccc(OCc2ccc(CN3CCN(C(=O)/C=C/c4ccc(Oc5ccc(OCc6ccccc6Cl)cn5)c(F)c4)CC3)cc2)cc1.Cl. The topological polar surface area (TPSA) is 73.4 Å². The lowest BCUT2D eigenvalue weighted by molar-refractivity contribution is -0.127. The number of carbonyl (C=O) groups is 1. The van der Waals surface area contributed by atoms with E-state index in [4.69, 9.17) is 30.5 Å². The van der Waals surface area contributed by atoms with Gasteiger partial charge in [0.2, 0.25) is 11.8 Å². The number of halogens is 3. The third kappa shape index (κ3) is 11.7.